The van der Waals surface area contributed by atoms with Gasteiger partial charge in [0, 0.05) is 18.0 Å². The number of nitrogens with zero attached hydrogens (tertiary/aromatic N) is 2. The third-order valence-corrected chi connectivity index (χ3v) is 5.53. The second kappa shape index (κ2) is 8.98. The maximum Gasteiger partial charge on any atom is 0.417 e. The molecule has 0 saturated heterocycles. The standard InChI is InChI=1S/C18H12ClF3N4O5S/c19-14-6-5-12(9-13(14)18(20,21)22)32(29,30)26-10-1-3-11(4-2-10)31-15-7-8-23-16(24-15)17(27)25-28/h1-9,26,28H,(H,25,27). The molecule has 3 rings (SSSR count). The van der Waals surface area contributed by atoms with Gasteiger partial charge in [-0.05, 0) is 42.5 Å². The Kier molecular flexibility index (Phi) is 6.52. The molecule has 1 amide bonds. The average molecular weight is 489 g/mol. The third-order valence-electron chi connectivity index (χ3n) is 3.82. The molecule has 0 fully saturated rings. The van der Waals surface area contributed by atoms with Gasteiger partial charge >= 0.3 is 12.1 Å². The van der Waals surface area contributed by atoms with Crippen LogP contribution in [0.2, 0.25) is 5.02 Å². The van der Waals surface area contributed by atoms with Crippen LogP contribution in [0.1, 0.15) is 16.2 Å². The second-order valence-electron chi connectivity index (χ2n) is 6.03. The minimum Gasteiger partial charge on any atom is -0.439 e. The van der Waals surface area contributed by atoms with Gasteiger partial charge in [0.15, 0.2) is 0 Å². The summed E-state index contributed by atoms with van der Waals surface area (Å²) in [4.78, 5) is 18.1. The Morgan fingerprint density at radius 3 is 2.41 bits per heavy atom. The van der Waals surface area contributed by atoms with Crippen molar-refractivity contribution in [3.63, 3.8) is 0 Å². The summed E-state index contributed by atoms with van der Waals surface area (Å²) < 4.78 is 71.5. The maximum atomic E-state index is 13.0. The summed E-state index contributed by atoms with van der Waals surface area (Å²) in [5, 5.41) is 7.98. The van der Waals surface area contributed by atoms with Crippen molar-refractivity contribution in [1.82, 2.24) is 15.4 Å². The number of hydroxylamine groups is 1. The van der Waals surface area contributed by atoms with Gasteiger partial charge in [-0.25, -0.2) is 18.9 Å². The van der Waals surface area contributed by atoms with Crippen molar-refractivity contribution in [2.24, 2.45) is 0 Å². The van der Waals surface area contributed by atoms with Gasteiger partial charge in [-0.2, -0.15) is 18.2 Å². The number of rotatable bonds is 6. The number of nitrogens with one attached hydrogen (secondary N) is 2. The Labute approximate surface area is 183 Å². The molecule has 2 aromatic carbocycles. The van der Waals surface area contributed by atoms with Gasteiger partial charge in [0.1, 0.15) is 5.75 Å². The largest absolute Gasteiger partial charge is 0.439 e. The van der Waals surface area contributed by atoms with E-state index in [1.54, 1.807) is 0 Å². The molecule has 0 aliphatic carbocycles. The van der Waals surface area contributed by atoms with Crippen LogP contribution in [0.25, 0.3) is 0 Å². The number of carbonyl (C=O) groups excluding carboxylic acids is 1. The Morgan fingerprint density at radius 1 is 1.09 bits per heavy atom. The number of benzene rings is 2. The predicted octanol–water partition coefficient (Wildman–Crippen LogP) is 3.86. The number of aromatic nitrogens is 2. The second-order valence-corrected chi connectivity index (χ2v) is 8.12. The highest BCUT2D eigenvalue weighted by Crippen LogP contribution is 2.36. The first-order valence-electron chi connectivity index (χ1n) is 8.44. The number of carbonyl (C=O) groups is 1. The van der Waals surface area contributed by atoms with E-state index in [2.05, 4.69) is 14.7 Å². The van der Waals surface area contributed by atoms with Crippen molar-refractivity contribution in [2.75, 3.05) is 4.72 Å². The van der Waals surface area contributed by atoms with Gasteiger partial charge in [-0.15, -0.1) is 0 Å². The number of hydrogen-bond donors (Lipinski definition) is 3. The highest BCUT2D eigenvalue weighted by molar-refractivity contribution is 7.92. The van der Waals surface area contributed by atoms with Crippen LogP contribution in [0.4, 0.5) is 18.9 Å². The summed E-state index contributed by atoms with van der Waals surface area (Å²) in [6.45, 7) is 0. The van der Waals surface area contributed by atoms with Crippen molar-refractivity contribution >= 4 is 33.2 Å². The predicted molar refractivity (Wildman–Crippen MR) is 105 cm³/mol. The molecule has 14 heteroatoms. The Bertz CT molecular complexity index is 1250. The summed E-state index contributed by atoms with van der Waals surface area (Å²) in [6, 6.07) is 8.89. The van der Waals surface area contributed by atoms with Crippen molar-refractivity contribution in [3.05, 3.63) is 71.1 Å². The number of amides is 1. The van der Waals surface area contributed by atoms with Gasteiger partial charge in [-0.1, -0.05) is 11.6 Å². The third kappa shape index (κ3) is 5.43. The summed E-state index contributed by atoms with van der Waals surface area (Å²) >= 11 is 5.52. The van der Waals surface area contributed by atoms with Crippen LogP contribution in [-0.4, -0.2) is 29.5 Å². The van der Waals surface area contributed by atoms with E-state index >= 15 is 0 Å². The maximum absolute atomic E-state index is 13.0. The normalized spacial score (nSPS) is 11.7. The van der Waals surface area contributed by atoms with Gasteiger partial charge in [0.2, 0.25) is 11.7 Å². The number of hydrogen-bond acceptors (Lipinski definition) is 7. The number of halogens is 4. The fraction of sp³-hybridized carbons (Fsp3) is 0.0556. The molecule has 9 nitrogen and oxygen atoms in total. The lowest BCUT2D eigenvalue weighted by Crippen LogP contribution is -2.21. The number of sulfonamides is 1. The molecule has 168 valence electrons. The van der Waals surface area contributed by atoms with Crippen LogP contribution >= 0.6 is 11.6 Å². The quantitative estimate of drug-likeness (QED) is 0.354. The van der Waals surface area contributed by atoms with Gasteiger partial charge in [-0.3, -0.25) is 14.7 Å². The lowest BCUT2D eigenvalue weighted by Gasteiger charge is -2.13. The fourth-order valence-corrected chi connectivity index (χ4v) is 3.68. The SMILES string of the molecule is O=C(NO)c1nccc(Oc2ccc(NS(=O)(=O)c3ccc(Cl)c(C(F)(F)F)c3)cc2)n1. The van der Waals surface area contributed by atoms with Gasteiger partial charge < -0.3 is 4.74 Å². The molecule has 0 spiro atoms. The van der Waals surface area contributed by atoms with E-state index in [1.165, 1.54) is 42.0 Å². The molecule has 0 atom stereocenters. The zero-order chi connectivity index (χ0) is 23.5. The van der Waals surface area contributed by atoms with Gasteiger partial charge in [0.05, 0.1) is 15.5 Å². The minimum absolute atomic E-state index is 0.0345. The molecule has 0 aliphatic rings. The molecule has 32 heavy (non-hydrogen) atoms. The van der Waals surface area contributed by atoms with Gasteiger partial charge in [0.25, 0.3) is 10.0 Å². The molecule has 3 aromatic rings. The van der Waals surface area contributed by atoms with Crippen molar-refractivity contribution in [2.45, 2.75) is 11.1 Å². The molecule has 1 heterocycles. The molecular formula is C18H12ClF3N4O5S. The lowest BCUT2D eigenvalue weighted by atomic mass is 10.2. The van der Waals surface area contributed by atoms with Crippen LogP contribution in [0, 0.1) is 0 Å². The number of ether oxygens (including phenoxy) is 1. The first-order valence-corrected chi connectivity index (χ1v) is 10.3. The zero-order valence-corrected chi connectivity index (χ0v) is 17.2. The van der Waals surface area contributed by atoms with Crippen molar-refractivity contribution < 1.29 is 36.3 Å². The van der Waals surface area contributed by atoms with E-state index in [0.29, 0.717) is 6.07 Å². The van der Waals surface area contributed by atoms with E-state index in [4.69, 9.17) is 21.5 Å². The van der Waals surface area contributed by atoms with Crippen LogP contribution in [-0.2, 0) is 16.2 Å². The van der Waals surface area contributed by atoms with E-state index in [-0.39, 0.29) is 23.1 Å². The summed E-state index contributed by atoms with van der Waals surface area (Å²) in [5.74, 6) is -1.13. The van der Waals surface area contributed by atoms with Crippen molar-refractivity contribution in [3.8, 4) is 11.6 Å². The van der Waals surface area contributed by atoms with Crippen LogP contribution in [0.5, 0.6) is 11.6 Å². The van der Waals surface area contributed by atoms with E-state index in [0.717, 1.165) is 12.1 Å². The molecule has 0 radical (unpaired) electrons. The topological polar surface area (TPSA) is 131 Å². The number of anilines is 1. The summed E-state index contributed by atoms with van der Waals surface area (Å²) in [6.07, 6.45) is -3.60. The van der Waals surface area contributed by atoms with E-state index in [1.807, 2.05) is 0 Å². The van der Waals surface area contributed by atoms with E-state index in [9.17, 15) is 26.4 Å². The van der Waals surface area contributed by atoms with Crippen LogP contribution < -0.4 is 14.9 Å². The number of alkyl halides is 3. The smallest absolute Gasteiger partial charge is 0.417 e. The molecule has 0 bridgehead atoms. The van der Waals surface area contributed by atoms with Crippen LogP contribution in [0.3, 0.4) is 0 Å². The Morgan fingerprint density at radius 2 is 1.78 bits per heavy atom. The molecule has 0 unspecified atom stereocenters. The average Bonchev–Trinajstić information content (AvgIpc) is 2.74. The molecule has 1 aromatic heterocycles. The summed E-state index contributed by atoms with van der Waals surface area (Å²) in [7, 11) is -4.34. The lowest BCUT2D eigenvalue weighted by molar-refractivity contribution is -0.137. The molecule has 3 N–H and O–H groups in total. The zero-order valence-electron chi connectivity index (χ0n) is 15.6. The van der Waals surface area contributed by atoms with Crippen LogP contribution in [0.15, 0.2) is 59.6 Å². The summed E-state index contributed by atoms with van der Waals surface area (Å²) in [5.41, 5.74) is 0.147. The first-order chi connectivity index (χ1) is 15.0. The monoisotopic (exact) mass is 488 g/mol. The molecular weight excluding hydrogens is 477 g/mol. The highest BCUT2D eigenvalue weighted by Gasteiger charge is 2.34. The Balaban J connectivity index is 1.77. The first kappa shape index (κ1) is 23.2. The van der Waals surface area contributed by atoms with Crippen molar-refractivity contribution in [1.29, 1.82) is 0 Å². The fourth-order valence-electron chi connectivity index (χ4n) is 2.37. The van der Waals surface area contributed by atoms with E-state index < -0.39 is 37.6 Å². The Hall–Kier alpha value is -3.42. The molecule has 0 aliphatic heterocycles. The molecule has 0 saturated carbocycles. The minimum atomic E-state index is -4.82. The highest BCUT2D eigenvalue weighted by atomic mass is 35.5.